The number of rotatable bonds is 9. The highest BCUT2D eigenvalue weighted by atomic mass is 16.5. The summed E-state index contributed by atoms with van der Waals surface area (Å²) in [6, 6.07) is 16.7. The van der Waals surface area contributed by atoms with E-state index in [1.165, 1.54) is 0 Å². The monoisotopic (exact) mass is 397 g/mol. The van der Waals surface area contributed by atoms with Gasteiger partial charge in [-0.1, -0.05) is 74.5 Å². The normalized spacial score (nSPS) is 12.7. The van der Waals surface area contributed by atoms with E-state index < -0.39 is 30.0 Å². The van der Waals surface area contributed by atoms with Crippen molar-refractivity contribution in [1.29, 1.82) is 0 Å². The summed E-state index contributed by atoms with van der Waals surface area (Å²) >= 11 is 0. The molecule has 0 radical (unpaired) electrons. The second-order valence-electron chi connectivity index (χ2n) is 7.08. The molecule has 0 aromatic heterocycles. The van der Waals surface area contributed by atoms with E-state index in [1.54, 1.807) is 13.8 Å². The number of benzene rings is 2. The summed E-state index contributed by atoms with van der Waals surface area (Å²) in [6.45, 7) is 3.65. The minimum Gasteiger partial charge on any atom is -0.445 e. The van der Waals surface area contributed by atoms with Gasteiger partial charge in [0.2, 0.25) is 11.8 Å². The Morgan fingerprint density at radius 2 is 1.45 bits per heavy atom. The minimum atomic E-state index is -0.915. The zero-order valence-corrected chi connectivity index (χ0v) is 16.6. The van der Waals surface area contributed by atoms with E-state index in [9.17, 15) is 14.4 Å². The molecule has 2 aromatic carbocycles. The Balaban J connectivity index is 2.06. The fourth-order valence-electron chi connectivity index (χ4n) is 2.79. The molecular weight excluding hydrogens is 370 g/mol. The standard InChI is InChI=1S/C22H27N3O4/c1-15(2)19(20(23)26)25-21(27)18(13-16-9-5-3-6-10-16)24-22(28)29-14-17-11-7-4-8-12-17/h3-12,15,18-19H,13-14H2,1-2H3,(H2,23,26)(H,24,28)(H,25,27)/t18-,19+/m0/s1. The van der Waals surface area contributed by atoms with Crippen molar-refractivity contribution in [2.24, 2.45) is 11.7 Å². The third-order valence-corrected chi connectivity index (χ3v) is 4.37. The number of carbonyl (C=O) groups excluding carboxylic acids is 3. The summed E-state index contributed by atoms with van der Waals surface area (Å²) in [4.78, 5) is 36.7. The average molecular weight is 397 g/mol. The van der Waals surface area contributed by atoms with Gasteiger partial charge in [0.25, 0.3) is 0 Å². The molecule has 0 unspecified atom stereocenters. The van der Waals surface area contributed by atoms with Crippen molar-refractivity contribution in [3.05, 3.63) is 71.8 Å². The van der Waals surface area contributed by atoms with Gasteiger partial charge in [-0.15, -0.1) is 0 Å². The SMILES string of the molecule is CC(C)[C@@H](NC(=O)[C@H](Cc1ccccc1)NC(=O)OCc1ccccc1)C(N)=O. The fourth-order valence-corrected chi connectivity index (χ4v) is 2.79. The minimum absolute atomic E-state index is 0.0856. The van der Waals surface area contributed by atoms with E-state index in [0.29, 0.717) is 0 Å². The molecule has 0 aliphatic heterocycles. The second-order valence-corrected chi connectivity index (χ2v) is 7.08. The van der Waals surface area contributed by atoms with Gasteiger partial charge >= 0.3 is 6.09 Å². The first-order chi connectivity index (χ1) is 13.9. The van der Waals surface area contributed by atoms with E-state index in [4.69, 9.17) is 10.5 Å². The van der Waals surface area contributed by atoms with Crippen LogP contribution in [0, 0.1) is 5.92 Å². The summed E-state index contributed by atoms with van der Waals surface area (Å²) in [7, 11) is 0. The molecule has 3 amide bonds. The first-order valence-electron chi connectivity index (χ1n) is 9.47. The molecular formula is C22H27N3O4. The van der Waals surface area contributed by atoms with Gasteiger partial charge in [0.15, 0.2) is 0 Å². The molecule has 4 N–H and O–H groups in total. The zero-order valence-electron chi connectivity index (χ0n) is 16.6. The Morgan fingerprint density at radius 1 is 0.897 bits per heavy atom. The van der Waals surface area contributed by atoms with Gasteiger partial charge in [0, 0.05) is 6.42 Å². The molecule has 7 heteroatoms. The lowest BCUT2D eigenvalue weighted by molar-refractivity contribution is -0.129. The molecule has 154 valence electrons. The lowest BCUT2D eigenvalue weighted by atomic mass is 10.0. The number of hydrogen-bond acceptors (Lipinski definition) is 4. The molecule has 2 atom stereocenters. The van der Waals surface area contributed by atoms with Crippen LogP contribution in [0.1, 0.15) is 25.0 Å². The van der Waals surface area contributed by atoms with Gasteiger partial charge in [0.1, 0.15) is 18.7 Å². The number of alkyl carbamates (subject to hydrolysis) is 1. The van der Waals surface area contributed by atoms with Gasteiger partial charge in [0.05, 0.1) is 0 Å². The molecule has 2 aromatic rings. The Bertz CT molecular complexity index is 809. The van der Waals surface area contributed by atoms with Crippen molar-refractivity contribution in [3.8, 4) is 0 Å². The van der Waals surface area contributed by atoms with Crippen LogP contribution in [0.2, 0.25) is 0 Å². The Morgan fingerprint density at radius 3 is 1.97 bits per heavy atom. The van der Waals surface area contributed by atoms with E-state index in [2.05, 4.69) is 10.6 Å². The number of ether oxygens (including phenoxy) is 1. The van der Waals surface area contributed by atoms with Crippen LogP contribution in [0.5, 0.6) is 0 Å². The number of amides is 3. The third kappa shape index (κ3) is 7.29. The van der Waals surface area contributed by atoms with Crippen molar-refractivity contribution in [1.82, 2.24) is 10.6 Å². The van der Waals surface area contributed by atoms with Crippen LogP contribution in [0.15, 0.2) is 60.7 Å². The number of nitrogens with two attached hydrogens (primary N) is 1. The molecule has 0 saturated carbocycles. The first-order valence-corrected chi connectivity index (χ1v) is 9.47. The summed E-state index contributed by atoms with van der Waals surface area (Å²) in [5.74, 6) is -1.31. The molecule has 0 spiro atoms. The summed E-state index contributed by atoms with van der Waals surface area (Å²) in [5.41, 5.74) is 7.08. The lowest BCUT2D eigenvalue weighted by Gasteiger charge is -2.23. The molecule has 2 rings (SSSR count). The van der Waals surface area contributed by atoms with E-state index >= 15 is 0 Å². The highest BCUT2D eigenvalue weighted by Crippen LogP contribution is 2.07. The largest absolute Gasteiger partial charge is 0.445 e. The van der Waals surface area contributed by atoms with E-state index in [0.717, 1.165) is 11.1 Å². The summed E-state index contributed by atoms with van der Waals surface area (Å²) < 4.78 is 5.22. The molecule has 0 aliphatic rings. The molecule has 0 fully saturated rings. The number of nitrogens with one attached hydrogen (secondary N) is 2. The average Bonchev–Trinajstić information content (AvgIpc) is 2.71. The quantitative estimate of drug-likeness (QED) is 0.602. The zero-order chi connectivity index (χ0) is 21.2. The Kier molecular flexibility index (Phi) is 8.21. The predicted octanol–water partition coefficient (Wildman–Crippen LogP) is 2.15. The Hall–Kier alpha value is -3.35. The van der Waals surface area contributed by atoms with Crippen molar-refractivity contribution < 1.29 is 19.1 Å². The summed E-state index contributed by atoms with van der Waals surface area (Å²) in [5, 5.41) is 5.23. The van der Waals surface area contributed by atoms with Gasteiger partial charge in [-0.25, -0.2) is 4.79 Å². The topological polar surface area (TPSA) is 111 Å². The lowest BCUT2D eigenvalue weighted by Crippen LogP contribution is -2.55. The highest BCUT2D eigenvalue weighted by molar-refractivity contribution is 5.91. The molecule has 29 heavy (non-hydrogen) atoms. The molecule has 0 bridgehead atoms. The van der Waals surface area contributed by atoms with E-state index in [1.807, 2.05) is 60.7 Å². The van der Waals surface area contributed by atoms with Crippen molar-refractivity contribution in [2.75, 3.05) is 0 Å². The molecule has 7 nitrogen and oxygen atoms in total. The van der Waals surface area contributed by atoms with Crippen molar-refractivity contribution in [2.45, 2.75) is 39.0 Å². The van der Waals surface area contributed by atoms with Gasteiger partial charge < -0.3 is 21.1 Å². The van der Waals surface area contributed by atoms with E-state index in [-0.39, 0.29) is 18.9 Å². The second kappa shape index (κ2) is 10.8. The van der Waals surface area contributed by atoms with Gasteiger partial charge in [-0.2, -0.15) is 0 Å². The van der Waals surface area contributed by atoms with Crippen LogP contribution in [-0.2, 0) is 27.4 Å². The maximum atomic E-state index is 12.8. The van der Waals surface area contributed by atoms with Crippen LogP contribution < -0.4 is 16.4 Å². The number of primary amides is 1. The van der Waals surface area contributed by atoms with Crippen LogP contribution in [0.4, 0.5) is 4.79 Å². The Labute approximate surface area is 170 Å². The molecule has 0 heterocycles. The van der Waals surface area contributed by atoms with Crippen LogP contribution in [0.25, 0.3) is 0 Å². The smallest absolute Gasteiger partial charge is 0.408 e. The third-order valence-electron chi connectivity index (χ3n) is 4.37. The molecule has 0 saturated heterocycles. The van der Waals surface area contributed by atoms with Crippen molar-refractivity contribution >= 4 is 17.9 Å². The van der Waals surface area contributed by atoms with Gasteiger partial charge in [-0.05, 0) is 17.0 Å². The maximum absolute atomic E-state index is 12.8. The first kappa shape index (κ1) is 21.9. The predicted molar refractivity (Wildman–Crippen MR) is 110 cm³/mol. The summed E-state index contributed by atoms with van der Waals surface area (Å²) in [6.07, 6.45) is -0.471. The highest BCUT2D eigenvalue weighted by Gasteiger charge is 2.28. The number of hydrogen-bond donors (Lipinski definition) is 3. The fraction of sp³-hybridized carbons (Fsp3) is 0.318. The maximum Gasteiger partial charge on any atom is 0.408 e. The number of carbonyl (C=O) groups is 3. The molecule has 0 aliphatic carbocycles. The van der Waals surface area contributed by atoms with Gasteiger partial charge in [-0.3, -0.25) is 9.59 Å². The van der Waals surface area contributed by atoms with Crippen LogP contribution >= 0.6 is 0 Å². The van der Waals surface area contributed by atoms with Crippen molar-refractivity contribution in [3.63, 3.8) is 0 Å². The van der Waals surface area contributed by atoms with Crippen LogP contribution in [0.3, 0.4) is 0 Å². The van der Waals surface area contributed by atoms with Crippen LogP contribution in [-0.4, -0.2) is 30.0 Å².